The lowest BCUT2D eigenvalue weighted by atomic mass is 10.2. The van der Waals surface area contributed by atoms with Crippen LogP contribution >= 0.6 is 11.8 Å². The third-order valence-corrected chi connectivity index (χ3v) is 5.32. The number of ether oxygens (including phenoxy) is 2. The van der Waals surface area contributed by atoms with Crippen LogP contribution in [0.15, 0.2) is 82.7 Å². The van der Waals surface area contributed by atoms with Gasteiger partial charge in [-0.05, 0) is 65.4 Å². The van der Waals surface area contributed by atoms with E-state index in [4.69, 9.17) is 9.47 Å². The number of thioether (sulfide) groups is 1. The summed E-state index contributed by atoms with van der Waals surface area (Å²) in [6.07, 6.45) is 1.77. The highest BCUT2D eigenvalue weighted by atomic mass is 32.2. The van der Waals surface area contributed by atoms with E-state index in [-0.39, 0.29) is 18.3 Å². The molecule has 0 unspecified atom stereocenters. The van der Waals surface area contributed by atoms with Crippen LogP contribution in [0.2, 0.25) is 0 Å². The smallest absolute Gasteiger partial charge is 0.264 e. The van der Waals surface area contributed by atoms with Crippen molar-refractivity contribution >= 4 is 34.6 Å². The first-order valence-corrected chi connectivity index (χ1v) is 10.3. The molecule has 1 heterocycles. The fraction of sp³-hybridized carbons (Fsp3) is 0.0833. The second kappa shape index (κ2) is 9.49. The van der Waals surface area contributed by atoms with Crippen LogP contribution in [0.25, 0.3) is 6.08 Å². The molecule has 1 amide bonds. The Labute approximate surface area is 183 Å². The van der Waals surface area contributed by atoms with Crippen LogP contribution in [0.3, 0.4) is 0 Å². The van der Waals surface area contributed by atoms with Crippen LogP contribution in [0.4, 0.5) is 10.1 Å². The molecule has 31 heavy (non-hydrogen) atoms. The minimum Gasteiger partial charge on any atom is -0.493 e. The summed E-state index contributed by atoms with van der Waals surface area (Å²) in [5, 5.41) is 3.31. The number of nitrogens with zero attached hydrogens (tertiary/aromatic N) is 1. The van der Waals surface area contributed by atoms with Crippen LogP contribution in [-0.2, 0) is 11.4 Å². The van der Waals surface area contributed by atoms with Gasteiger partial charge in [0.25, 0.3) is 5.91 Å². The molecule has 0 aromatic heterocycles. The van der Waals surface area contributed by atoms with Crippen LogP contribution in [0.1, 0.15) is 11.1 Å². The second-order valence-electron chi connectivity index (χ2n) is 6.65. The molecule has 1 saturated heterocycles. The third kappa shape index (κ3) is 5.32. The molecule has 3 aromatic rings. The Morgan fingerprint density at radius 3 is 2.65 bits per heavy atom. The normalized spacial score (nSPS) is 15.9. The van der Waals surface area contributed by atoms with E-state index in [0.29, 0.717) is 21.6 Å². The lowest BCUT2D eigenvalue weighted by Gasteiger charge is -2.11. The Balaban J connectivity index is 1.49. The number of nitrogens with one attached hydrogen (secondary N) is 1. The maximum atomic E-state index is 13.3. The highest BCUT2D eigenvalue weighted by molar-refractivity contribution is 8.18. The number of aliphatic imine (C=N–C) groups is 1. The average Bonchev–Trinajstić information content (AvgIpc) is 3.11. The number of methoxy groups -OCH3 is 1. The topological polar surface area (TPSA) is 59.9 Å². The van der Waals surface area contributed by atoms with Gasteiger partial charge in [0.2, 0.25) is 0 Å². The van der Waals surface area contributed by atoms with Gasteiger partial charge in [-0.3, -0.25) is 4.79 Å². The number of rotatable bonds is 6. The van der Waals surface area contributed by atoms with Crippen molar-refractivity contribution in [1.29, 1.82) is 0 Å². The largest absolute Gasteiger partial charge is 0.493 e. The number of amides is 1. The monoisotopic (exact) mass is 434 g/mol. The second-order valence-corrected chi connectivity index (χ2v) is 7.68. The number of amidine groups is 1. The molecule has 1 fully saturated rings. The number of benzene rings is 3. The van der Waals surface area contributed by atoms with Gasteiger partial charge in [-0.25, -0.2) is 9.38 Å². The van der Waals surface area contributed by atoms with Gasteiger partial charge in [0.1, 0.15) is 12.4 Å². The van der Waals surface area contributed by atoms with Crippen LogP contribution in [0, 0.1) is 5.82 Å². The molecule has 0 bridgehead atoms. The Morgan fingerprint density at radius 1 is 1.03 bits per heavy atom. The number of carbonyl (C=O) groups is 1. The summed E-state index contributed by atoms with van der Waals surface area (Å²) < 4.78 is 24.5. The molecule has 3 aromatic carbocycles. The molecule has 1 N–H and O–H groups in total. The molecule has 4 rings (SSSR count). The highest BCUT2D eigenvalue weighted by Crippen LogP contribution is 2.32. The Hall–Kier alpha value is -3.58. The van der Waals surface area contributed by atoms with E-state index in [1.165, 1.54) is 23.9 Å². The maximum Gasteiger partial charge on any atom is 0.264 e. The zero-order chi connectivity index (χ0) is 21.6. The lowest BCUT2D eigenvalue weighted by molar-refractivity contribution is -0.115. The van der Waals surface area contributed by atoms with Gasteiger partial charge in [-0.2, -0.15) is 0 Å². The fourth-order valence-electron chi connectivity index (χ4n) is 2.93. The first-order valence-electron chi connectivity index (χ1n) is 9.50. The summed E-state index contributed by atoms with van der Waals surface area (Å²) in [5.74, 6) is 0.540. The zero-order valence-electron chi connectivity index (χ0n) is 16.7. The van der Waals surface area contributed by atoms with Crippen molar-refractivity contribution in [3.8, 4) is 11.5 Å². The highest BCUT2D eigenvalue weighted by Gasteiger charge is 2.24. The summed E-state index contributed by atoms with van der Waals surface area (Å²) >= 11 is 1.28. The van der Waals surface area contributed by atoms with Crippen LogP contribution < -0.4 is 14.8 Å². The van der Waals surface area contributed by atoms with Crippen molar-refractivity contribution in [3.63, 3.8) is 0 Å². The minimum absolute atomic E-state index is 0.204. The summed E-state index contributed by atoms with van der Waals surface area (Å²) in [5.41, 5.74) is 2.28. The molecule has 0 spiro atoms. The van der Waals surface area contributed by atoms with Crippen LogP contribution in [0.5, 0.6) is 11.5 Å². The molecule has 0 atom stereocenters. The molecule has 0 aliphatic carbocycles. The molecule has 5 nitrogen and oxygen atoms in total. The van der Waals surface area contributed by atoms with E-state index >= 15 is 0 Å². The van der Waals surface area contributed by atoms with Gasteiger partial charge >= 0.3 is 0 Å². The Bertz CT molecular complexity index is 1160. The molecule has 1 aliphatic heterocycles. The summed E-state index contributed by atoms with van der Waals surface area (Å²) in [6, 6.07) is 21.1. The predicted molar refractivity (Wildman–Crippen MR) is 121 cm³/mol. The summed E-state index contributed by atoms with van der Waals surface area (Å²) in [4.78, 5) is 17.3. The fourth-order valence-corrected chi connectivity index (χ4v) is 3.77. The average molecular weight is 434 g/mol. The third-order valence-electron chi connectivity index (χ3n) is 4.41. The standard InChI is InChI=1S/C24H19FN2O3S/c1-29-21-13-16(10-11-20(21)30-15-17-6-5-7-18(25)12-17)14-22-23(28)27-24(31-22)26-19-8-3-2-4-9-19/h2-14H,15H2,1H3,(H,26,27,28)/b22-14-. The van der Waals surface area contributed by atoms with Gasteiger partial charge in [-0.1, -0.05) is 36.4 Å². The quantitative estimate of drug-likeness (QED) is 0.535. The van der Waals surface area contributed by atoms with Crippen molar-refractivity contribution in [1.82, 2.24) is 5.32 Å². The van der Waals surface area contributed by atoms with Crippen molar-refractivity contribution in [2.75, 3.05) is 7.11 Å². The van der Waals surface area contributed by atoms with Crippen molar-refractivity contribution in [3.05, 3.63) is 94.6 Å². The number of hydrogen-bond acceptors (Lipinski definition) is 5. The maximum absolute atomic E-state index is 13.3. The lowest BCUT2D eigenvalue weighted by Crippen LogP contribution is -2.19. The number of carbonyl (C=O) groups excluding carboxylic acids is 1. The first kappa shape index (κ1) is 20.7. The molecule has 7 heteroatoms. The van der Waals surface area contributed by atoms with Crippen molar-refractivity contribution in [2.45, 2.75) is 6.61 Å². The van der Waals surface area contributed by atoms with Gasteiger partial charge in [0.15, 0.2) is 16.7 Å². The number of hydrogen-bond donors (Lipinski definition) is 1. The van der Waals surface area contributed by atoms with E-state index in [2.05, 4.69) is 10.3 Å². The van der Waals surface area contributed by atoms with E-state index in [0.717, 1.165) is 16.8 Å². The van der Waals surface area contributed by atoms with Gasteiger partial charge in [-0.15, -0.1) is 0 Å². The van der Waals surface area contributed by atoms with Gasteiger partial charge in [0.05, 0.1) is 17.7 Å². The summed E-state index contributed by atoms with van der Waals surface area (Å²) in [6.45, 7) is 0.214. The predicted octanol–water partition coefficient (Wildman–Crippen LogP) is 5.30. The molecular weight excluding hydrogens is 415 g/mol. The van der Waals surface area contributed by atoms with E-state index < -0.39 is 0 Å². The molecule has 1 aliphatic rings. The molecule has 0 saturated carbocycles. The van der Waals surface area contributed by atoms with Crippen molar-refractivity contribution in [2.24, 2.45) is 4.99 Å². The van der Waals surface area contributed by atoms with Crippen LogP contribution in [-0.4, -0.2) is 18.2 Å². The van der Waals surface area contributed by atoms with E-state index in [9.17, 15) is 9.18 Å². The SMILES string of the molecule is COc1cc(/C=C2\SC(=Nc3ccccc3)NC2=O)ccc1OCc1cccc(F)c1. The van der Waals surface area contributed by atoms with Gasteiger partial charge in [0, 0.05) is 0 Å². The number of halogens is 1. The van der Waals surface area contributed by atoms with E-state index in [1.54, 1.807) is 37.5 Å². The Morgan fingerprint density at radius 2 is 1.87 bits per heavy atom. The Kier molecular flexibility index (Phi) is 6.33. The molecular formula is C24H19FN2O3S. The first-order chi connectivity index (χ1) is 15.1. The van der Waals surface area contributed by atoms with Gasteiger partial charge < -0.3 is 14.8 Å². The van der Waals surface area contributed by atoms with E-state index in [1.807, 2.05) is 36.4 Å². The zero-order valence-corrected chi connectivity index (χ0v) is 17.5. The summed E-state index contributed by atoms with van der Waals surface area (Å²) in [7, 11) is 1.54. The molecule has 156 valence electrons. The number of para-hydroxylation sites is 1. The molecule has 0 radical (unpaired) electrons. The van der Waals surface area contributed by atoms with Crippen molar-refractivity contribution < 1.29 is 18.7 Å². The minimum atomic E-state index is -0.308.